The smallest absolute Gasteiger partial charge is 0.202 e. The van der Waals surface area contributed by atoms with Gasteiger partial charge in [-0.25, -0.2) is 20.0 Å². The van der Waals surface area contributed by atoms with Gasteiger partial charge in [0, 0.05) is 67.3 Å². The molecular formula is C66H48N8O4. The summed E-state index contributed by atoms with van der Waals surface area (Å²) in [6.45, 7) is 0. The highest BCUT2D eigenvalue weighted by Crippen LogP contribution is 2.26. The molecule has 0 amide bonds. The summed E-state index contributed by atoms with van der Waals surface area (Å²) in [7, 11) is 6.57. The van der Waals surface area contributed by atoms with Gasteiger partial charge in [0.05, 0.1) is 28.4 Å². The van der Waals surface area contributed by atoms with Crippen LogP contribution in [0, 0.1) is 47.4 Å². The maximum absolute atomic E-state index is 5.29. The van der Waals surface area contributed by atoms with Crippen LogP contribution in [0.5, 0.6) is 23.0 Å². The van der Waals surface area contributed by atoms with E-state index >= 15 is 0 Å². The molecule has 78 heavy (non-hydrogen) atoms. The molecule has 2 aliphatic rings. The Morgan fingerprint density at radius 1 is 0.231 bits per heavy atom. The molecule has 2 heterocycles. The number of ether oxygens (including phenoxy) is 4. The lowest BCUT2D eigenvalue weighted by atomic mass is 10.1. The van der Waals surface area contributed by atoms with Crippen molar-refractivity contribution in [2.75, 3.05) is 49.7 Å². The maximum Gasteiger partial charge on any atom is 0.202 e. The second-order valence-electron chi connectivity index (χ2n) is 17.2. The minimum atomic E-state index is 0.286. The zero-order valence-corrected chi connectivity index (χ0v) is 42.9. The number of hydrogen-bond acceptors (Lipinski definition) is 12. The summed E-state index contributed by atoms with van der Waals surface area (Å²) in [6, 6.07) is 61.7. The van der Waals surface area contributed by atoms with Gasteiger partial charge in [0.15, 0.2) is 23.3 Å². The Morgan fingerprint density at radius 2 is 0.385 bits per heavy atom. The van der Waals surface area contributed by atoms with E-state index in [-0.39, 0.29) is 11.6 Å². The van der Waals surface area contributed by atoms with Crippen LogP contribution < -0.4 is 40.2 Å². The number of methoxy groups -OCH3 is 4. The second kappa shape index (κ2) is 24.2. The first-order valence-electron chi connectivity index (χ1n) is 24.6. The van der Waals surface area contributed by atoms with E-state index in [4.69, 9.17) is 38.9 Å². The van der Waals surface area contributed by atoms with Gasteiger partial charge in [0.25, 0.3) is 0 Å². The molecule has 0 bridgehead atoms. The van der Waals surface area contributed by atoms with Crippen molar-refractivity contribution < 1.29 is 18.9 Å². The summed E-state index contributed by atoms with van der Waals surface area (Å²) in [5.41, 5.74) is 9.98. The summed E-state index contributed by atoms with van der Waals surface area (Å²) >= 11 is 0. The van der Waals surface area contributed by atoms with Crippen LogP contribution in [0.15, 0.2) is 226 Å². The number of nitrogens with one attached hydrogen (secondary N) is 4. The normalized spacial score (nSPS) is 11.9. The average Bonchev–Trinajstić information content (AvgIpc) is 4.10. The molecule has 0 aliphatic carbocycles. The number of hydrogen-bond donors (Lipinski definition) is 4. The minimum Gasteiger partial charge on any atom is -0.497 e. The summed E-state index contributed by atoms with van der Waals surface area (Å²) < 4.78 is 21.2. The molecule has 0 atom stereocenters. The van der Waals surface area contributed by atoms with Crippen molar-refractivity contribution in [1.29, 1.82) is 0 Å². The van der Waals surface area contributed by atoms with E-state index in [2.05, 4.69) is 68.6 Å². The number of aliphatic imine (C=N–C) groups is 4. The van der Waals surface area contributed by atoms with Gasteiger partial charge in [0.2, 0.25) is 11.6 Å². The fourth-order valence-electron chi connectivity index (χ4n) is 7.60. The fraction of sp³-hybridized carbons (Fsp3) is 0.0606. The van der Waals surface area contributed by atoms with Gasteiger partial charge in [0.1, 0.15) is 23.0 Å². The minimum absolute atomic E-state index is 0.286. The van der Waals surface area contributed by atoms with Crippen molar-refractivity contribution >= 4 is 46.1 Å². The molecule has 0 aromatic heterocycles. The molecule has 2 aliphatic heterocycles. The molecule has 0 saturated heterocycles. The number of rotatable bonds is 8. The quantitative estimate of drug-likeness (QED) is 0.111. The molecule has 0 radical (unpaired) electrons. The van der Waals surface area contributed by atoms with E-state index < -0.39 is 0 Å². The molecule has 376 valence electrons. The van der Waals surface area contributed by atoms with E-state index in [9.17, 15) is 0 Å². The van der Waals surface area contributed by atoms with Crippen LogP contribution in [0.25, 0.3) is 0 Å². The molecule has 0 fully saturated rings. The van der Waals surface area contributed by atoms with Crippen LogP contribution in [0.3, 0.4) is 0 Å². The SMILES string of the molecule is COc1ccc(C#Cc2ccc(NC3=NC(=C4N=C(Nc5ccc(C#Cc6ccc(OC)cc6)cc5)C(Nc5ccc(C#Cc6ccc(OC)cc6)cc5)=N4)N=C3Nc3ccc(C#Cc4ccc(OC)cc4)cc3)cc2)cc1. The van der Waals surface area contributed by atoms with Crippen molar-refractivity contribution in [2.24, 2.45) is 20.0 Å². The summed E-state index contributed by atoms with van der Waals surface area (Å²) in [5, 5.41) is 13.9. The monoisotopic (exact) mass is 1020 g/mol. The van der Waals surface area contributed by atoms with Gasteiger partial charge in [-0.2, -0.15) is 0 Å². The maximum atomic E-state index is 5.29. The molecule has 0 unspecified atom stereocenters. The standard InChI is InChI=1S/C66H48N8O4/c1-75-57-37-21-49(22-38-57)9-5-45-13-29-53(30-14-45)67-61-62(68-54-31-15-46(16-32-54)6-10-50-23-39-58(76-2)40-24-50)72-65(71-61)66-73-63(69-55-33-17-47(18-34-55)7-11-51-25-41-59(77-3)42-26-51)64(74-66)70-56-35-19-48(20-36-56)8-12-52-27-43-60(78-4)44-28-52/h13-44H,1-4H3,(H,67,71)(H,68,72)(H,69,73)(H,70,74). The Kier molecular flexibility index (Phi) is 15.6. The Morgan fingerprint density at radius 3 is 0.538 bits per heavy atom. The van der Waals surface area contributed by atoms with Gasteiger partial charge in [-0.15, -0.1) is 0 Å². The molecule has 0 saturated carbocycles. The van der Waals surface area contributed by atoms with E-state index in [1.54, 1.807) is 28.4 Å². The third-order valence-electron chi connectivity index (χ3n) is 11.9. The van der Waals surface area contributed by atoms with Crippen LogP contribution in [-0.2, 0) is 0 Å². The van der Waals surface area contributed by atoms with E-state index in [0.717, 1.165) is 90.3 Å². The summed E-state index contributed by atoms with van der Waals surface area (Å²) in [6.07, 6.45) is 0. The van der Waals surface area contributed by atoms with Gasteiger partial charge < -0.3 is 40.2 Å². The Bertz CT molecular complexity index is 3380. The molecule has 10 rings (SSSR count). The van der Waals surface area contributed by atoms with E-state index in [0.29, 0.717) is 23.3 Å². The highest BCUT2D eigenvalue weighted by molar-refractivity contribution is 6.51. The zero-order chi connectivity index (χ0) is 53.5. The number of nitrogens with zero attached hydrogens (tertiary/aromatic N) is 4. The largest absolute Gasteiger partial charge is 0.497 e. The van der Waals surface area contributed by atoms with Crippen LogP contribution in [0.2, 0.25) is 0 Å². The molecule has 12 nitrogen and oxygen atoms in total. The lowest BCUT2D eigenvalue weighted by molar-refractivity contribution is 0.414. The van der Waals surface area contributed by atoms with Gasteiger partial charge in [-0.3, -0.25) is 0 Å². The van der Waals surface area contributed by atoms with Crippen molar-refractivity contribution in [2.45, 2.75) is 0 Å². The van der Waals surface area contributed by atoms with Crippen molar-refractivity contribution in [3.05, 3.63) is 250 Å². The fourth-order valence-corrected chi connectivity index (χ4v) is 7.60. The molecule has 8 aromatic carbocycles. The summed E-state index contributed by atoms with van der Waals surface area (Å²) in [5.74, 6) is 31.4. The molecule has 12 heteroatoms. The van der Waals surface area contributed by atoms with Gasteiger partial charge in [-0.1, -0.05) is 47.4 Å². The van der Waals surface area contributed by atoms with Gasteiger partial charge in [-0.05, 0) is 194 Å². The third-order valence-corrected chi connectivity index (χ3v) is 11.9. The Balaban J connectivity index is 0.946. The molecular weight excluding hydrogens is 969 g/mol. The predicted octanol–water partition coefficient (Wildman–Crippen LogP) is 11.8. The highest BCUT2D eigenvalue weighted by atomic mass is 16.5. The molecule has 8 aromatic rings. The lowest BCUT2D eigenvalue weighted by Crippen LogP contribution is -2.27. The first-order chi connectivity index (χ1) is 38.3. The van der Waals surface area contributed by atoms with E-state index in [1.807, 2.05) is 194 Å². The topological polar surface area (TPSA) is 134 Å². The third kappa shape index (κ3) is 13.3. The van der Waals surface area contributed by atoms with Crippen LogP contribution in [-0.4, -0.2) is 51.8 Å². The number of amidine groups is 4. The zero-order valence-electron chi connectivity index (χ0n) is 42.9. The van der Waals surface area contributed by atoms with Crippen LogP contribution >= 0.6 is 0 Å². The Hall–Kier alpha value is -11.2. The van der Waals surface area contributed by atoms with Crippen LogP contribution in [0.4, 0.5) is 22.7 Å². The predicted molar refractivity (Wildman–Crippen MR) is 313 cm³/mol. The lowest BCUT2D eigenvalue weighted by Gasteiger charge is -2.11. The molecule has 4 N–H and O–H groups in total. The average molecular weight is 1020 g/mol. The highest BCUT2D eigenvalue weighted by Gasteiger charge is 2.26. The van der Waals surface area contributed by atoms with Crippen LogP contribution in [0.1, 0.15) is 44.5 Å². The van der Waals surface area contributed by atoms with Crippen molar-refractivity contribution in [3.8, 4) is 70.4 Å². The number of benzene rings is 8. The second-order valence-corrected chi connectivity index (χ2v) is 17.2. The van der Waals surface area contributed by atoms with Gasteiger partial charge >= 0.3 is 0 Å². The first-order valence-corrected chi connectivity index (χ1v) is 24.6. The number of anilines is 4. The van der Waals surface area contributed by atoms with Crippen molar-refractivity contribution in [3.63, 3.8) is 0 Å². The Labute approximate surface area is 453 Å². The summed E-state index contributed by atoms with van der Waals surface area (Å²) in [4.78, 5) is 20.0. The van der Waals surface area contributed by atoms with Crippen molar-refractivity contribution in [1.82, 2.24) is 0 Å². The molecule has 0 spiro atoms. The first kappa shape index (κ1) is 50.4. The van der Waals surface area contributed by atoms with E-state index in [1.165, 1.54) is 0 Å².